The molecule has 30 heavy (non-hydrogen) atoms. The molecule has 2 aromatic carbocycles. The molecule has 1 spiro atoms. The molecule has 2 fully saturated rings. The Bertz CT molecular complexity index is 1000. The Morgan fingerprint density at radius 3 is 2.73 bits per heavy atom. The Hall–Kier alpha value is -2.44. The number of rotatable bonds is 5. The van der Waals surface area contributed by atoms with Crippen molar-refractivity contribution in [2.75, 3.05) is 33.3 Å². The summed E-state index contributed by atoms with van der Waals surface area (Å²) in [6.45, 7) is 5.75. The SMILES string of the molecule is COc1ccc(F)c(CN2CCC[C@@]3(CCN(Cc4nc5ccccc5[nH]4)C3)C2)c1. The third-order valence-electron chi connectivity index (χ3n) is 6.72. The number of ether oxygens (including phenoxy) is 1. The number of halogens is 1. The van der Waals surface area contributed by atoms with E-state index in [2.05, 4.69) is 26.9 Å². The Morgan fingerprint density at radius 2 is 1.90 bits per heavy atom. The summed E-state index contributed by atoms with van der Waals surface area (Å²) < 4.78 is 19.6. The first-order valence-electron chi connectivity index (χ1n) is 10.8. The highest BCUT2D eigenvalue weighted by Gasteiger charge is 2.41. The molecule has 0 amide bonds. The van der Waals surface area contributed by atoms with Crippen LogP contribution in [0.25, 0.3) is 11.0 Å². The molecule has 2 aliphatic rings. The van der Waals surface area contributed by atoms with E-state index < -0.39 is 0 Å². The highest BCUT2D eigenvalue weighted by atomic mass is 19.1. The number of piperidine rings is 1. The Morgan fingerprint density at radius 1 is 1.07 bits per heavy atom. The zero-order chi connectivity index (χ0) is 20.6. The molecule has 0 bridgehead atoms. The van der Waals surface area contributed by atoms with E-state index in [0.717, 1.165) is 60.9 Å². The minimum atomic E-state index is -0.145. The second-order valence-electron chi connectivity index (χ2n) is 8.93. The standard InChI is InChI=1S/C24H29FN4O/c1-30-19-7-8-20(25)18(13-19)14-28-11-4-9-24(16-28)10-12-29(17-24)15-23-26-21-5-2-3-6-22(21)27-23/h2-3,5-8,13H,4,9-12,14-17H2,1H3,(H,26,27)/t24-/m1/s1. The van der Waals surface area contributed by atoms with Gasteiger partial charge in [0.05, 0.1) is 24.7 Å². The van der Waals surface area contributed by atoms with Gasteiger partial charge in [0.1, 0.15) is 17.4 Å². The lowest BCUT2D eigenvalue weighted by molar-refractivity contribution is 0.0855. The summed E-state index contributed by atoms with van der Waals surface area (Å²) in [6.07, 6.45) is 3.62. The van der Waals surface area contributed by atoms with Gasteiger partial charge in [-0.05, 0) is 68.1 Å². The van der Waals surface area contributed by atoms with E-state index in [9.17, 15) is 4.39 Å². The van der Waals surface area contributed by atoms with Gasteiger partial charge in [0, 0.05) is 25.2 Å². The van der Waals surface area contributed by atoms with Crippen molar-refractivity contribution in [1.82, 2.24) is 19.8 Å². The number of likely N-dealkylation sites (tertiary alicyclic amines) is 2. The molecule has 0 saturated carbocycles. The minimum Gasteiger partial charge on any atom is -0.497 e. The van der Waals surface area contributed by atoms with E-state index in [1.54, 1.807) is 13.2 Å². The summed E-state index contributed by atoms with van der Waals surface area (Å²) in [5.41, 5.74) is 3.17. The summed E-state index contributed by atoms with van der Waals surface area (Å²) >= 11 is 0. The number of H-pyrrole nitrogens is 1. The van der Waals surface area contributed by atoms with Gasteiger partial charge in [-0.1, -0.05) is 12.1 Å². The van der Waals surface area contributed by atoms with Crippen LogP contribution < -0.4 is 4.74 Å². The quantitative estimate of drug-likeness (QED) is 0.687. The van der Waals surface area contributed by atoms with Gasteiger partial charge in [-0.2, -0.15) is 0 Å². The number of nitrogens with one attached hydrogen (secondary N) is 1. The van der Waals surface area contributed by atoms with E-state index >= 15 is 0 Å². The fourth-order valence-electron chi connectivity index (χ4n) is 5.27. The lowest BCUT2D eigenvalue weighted by Gasteiger charge is -2.40. The number of para-hydroxylation sites is 2. The Kier molecular flexibility index (Phi) is 5.21. The van der Waals surface area contributed by atoms with Crippen molar-refractivity contribution in [1.29, 1.82) is 0 Å². The monoisotopic (exact) mass is 408 g/mol. The van der Waals surface area contributed by atoms with Crippen molar-refractivity contribution < 1.29 is 9.13 Å². The molecule has 1 aromatic heterocycles. The highest BCUT2D eigenvalue weighted by molar-refractivity contribution is 5.74. The molecule has 0 radical (unpaired) electrons. The maximum Gasteiger partial charge on any atom is 0.127 e. The van der Waals surface area contributed by atoms with E-state index in [1.807, 2.05) is 18.2 Å². The molecule has 2 aliphatic heterocycles. The molecular weight excluding hydrogens is 379 g/mol. The van der Waals surface area contributed by atoms with E-state index in [0.29, 0.717) is 12.0 Å². The molecule has 6 heteroatoms. The molecule has 1 atom stereocenters. The van der Waals surface area contributed by atoms with Gasteiger partial charge in [0.2, 0.25) is 0 Å². The summed E-state index contributed by atoms with van der Waals surface area (Å²) in [5.74, 6) is 1.61. The van der Waals surface area contributed by atoms with Gasteiger partial charge in [0.25, 0.3) is 0 Å². The highest BCUT2D eigenvalue weighted by Crippen LogP contribution is 2.40. The van der Waals surface area contributed by atoms with Gasteiger partial charge in [0.15, 0.2) is 0 Å². The average Bonchev–Trinajstić information content (AvgIpc) is 3.33. The summed E-state index contributed by atoms with van der Waals surface area (Å²) in [7, 11) is 1.63. The van der Waals surface area contributed by atoms with Crippen molar-refractivity contribution in [2.45, 2.75) is 32.4 Å². The molecule has 158 valence electrons. The van der Waals surface area contributed by atoms with Crippen LogP contribution >= 0.6 is 0 Å². The van der Waals surface area contributed by atoms with Crippen LogP contribution in [0.1, 0.15) is 30.7 Å². The molecule has 3 aromatic rings. The molecule has 5 nitrogen and oxygen atoms in total. The minimum absolute atomic E-state index is 0.145. The summed E-state index contributed by atoms with van der Waals surface area (Å²) in [4.78, 5) is 13.1. The second-order valence-corrected chi connectivity index (χ2v) is 8.93. The molecule has 3 heterocycles. The predicted molar refractivity (Wildman–Crippen MR) is 116 cm³/mol. The van der Waals surface area contributed by atoms with Crippen LogP contribution in [0, 0.1) is 11.2 Å². The maximum atomic E-state index is 14.3. The topological polar surface area (TPSA) is 44.4 Å². The van der Waals surface area contributed by atoms with Crippen LogP contribution in [-0.2, 0) is 13.1 Å². The first kappa shape index (κ1) is 19.5. The fraction of sp³-hybridized carbons (Fsp3) is 0.458. The third-order valence-corrected chi connectivity index (χ3v) is 6.72. The average molecular weight is 409 g/mol. The van der Waals surface area contributed by atoms with Crippen molar-refractivity contribution in [3.63, 3.8) is 0 Å². The Balaban J connectivity index is 1.24. The second kappa shape index (κ2) is 8.00. The first-order valence-corrected chi connectivity index (χ1v) is 10.8. The van der Waals surface area contributed by atoms with Gasteiger partial charge in [-0.25, -0.2) is 9.37 Å². The lowest BCUT2D eigenvalue weighted by atomic mass is 9.79. The summed E-state index contributed by atoms with van der Waals surface area (Å²) in [5, 5.41) is 0. The number of methoxy groups -OCH3 is 1. The zero-order valence-corrected chi connectivity index (χ0v) is 17.5. The van der Waals surface area contributed by atoms with Crippen LogP contribution in [0.4, 0.5) is 4.39 Å². The number of benzene rings is 2. The molecule has 2 saturated heterocycles. The fourth-order valence-corrected chi connectivity index (χ4v) is 5.27. The maximum absolute atomic E-state index is 14.3. The largest absolute Gasteiger partial charge is 0.497 e. The molecule has 1 N–H and O–H groups in total. The number of nitrogens with zero attached hydrogens (tertiary/aromatic N) is 3. The molecule has 0 aliphatic carbocycles. The van der Waals surface area contributed by atoms with Crippen molar-refractivity contribution in [3.8, 4) is 5.75 Å². The van der Waals surface area contributed by atoms with Gasteiger partial charge < -0.3 is 9.72 Å². The number of aromatic amines is 1. The number of hydrogen-bond acceptors (Lipinski definition) is 4. The molecule has 5 rings (SSSR count). The molecule has 0 unspecified atom stereocenters. The van der Waals surface area contributed by atoms with Gasteiger partial charge in [-0.15, -0.1) is 0 Å². The van der Waals surface area contributed by atoms with Crippen LogP contribution in [0.5, 0.6) is 5.75 Å². The van der Waals surface area contributed by atoms with Gasteiger partial charge in [-0.3, -0.25) is 9.80 Å². The van der Waals surface area contributed by atoms with Crippen molar-refractivity contribution >= 4 is 11.0 Å². The third kappa shape index (κ3) is 3.94. The van der Waals surface area contributed by atoms with Crippen LogP contribution in [-0.4, -0.2) is 53.1 Å². The number of imidazole rings is 1. The van der Waals surface area contributed by atoms with E-state index in [-0.39, 0.29) is 5.82 Å². The van der Waals surface area contributed by atoms with Crippen LogP contribution in [0.2, 0.25) is 0 Å². The van der Waals surface area contributed by atoms with Crippen molar-refractivity contribution in [2.24, 2.45) is 5.41 Å². The first-order chi connectivity index (χ1) is 14.6. The zero-order valence-electron chi connectivity index (χ0n) is 17.5. The number of fused-ring (bicyclic) bond motifs is 1. The van der Waals surface area contributed by atoms with Crippen LogP contribution in [0.15, 0.2) is 42.5 Å². The molecular formula is C24H29FN4O. The van der Waals surface area contributed by atoms with Crippen LogP contribution in [0.3, 0.4) is 0 Å². The van der Waals surface area contributed by atoms with E-state index in [1.165, 1.54) is 25.3 Å². The van der Waals surface area contributed by atoms with Crippen molar-refractivity contribution in [3.05, 3.63) is 59.7 Å². The lowest BCUT2D eigenvalue weighted by Crippen LogP contribution is -2.44. The Labute approximate surface area is 176 Å². The van der Waals surface area contributed by atoms with E-state index in [4.69, 9.17) is 9.72 Å². The normalized spacial score (nSPS) is 22.9. The smallest absolute Gasteiger partial charge is 0.127 e. The summed E-state index contributed by atoms with van der Waals surface area (Å²) in [6, 6.07) is 13.2. The number of aromatic nitrogens is 2. The number of hydrogen-bond donors (Lipinski definition) is 1. The predicted octanol–water partition coefficient (Wildman–Crippen LogP) is 4.20. The van der Waals surface area contributed by atoms with Gasteiger partial charge >= 0.3 is 0 Å².